The van der Waals surface area contributed by atoms with E-state index in [0.29, 0.717) is 63.5 Å². The molecule has 4 unspecified atom stereocenters. The molecule has 3 fully saturated rings. The van der Waals surface area contributed by atoms with Crippen LogP contribution in [0.1, 0.15) is 89.6 Å². The number of amides is 4. The lowest BCUT2D eigenvalue weighted by molar-refractivity contribution is -0.146. The van der Waals surface area contributed by atoms with Crippen molar-refractivity contribution in [2.75, 3.05) is 53.6 Å². The second kappa shape index (κ2) is 20.0. The highest BCUT2D eigenvalue weighted by Gasteiger charge is 2.54. The number of thiazole rings is 1. The number of benzene rings is 1. The van der Waals surface area contributed by atoms with Crippen LogP contribution in [0.3, 0.4) is 0 Å². The number of nitrogens with zero attached hydrogens (tertiary/aromatic N) is 6. The Bertz CT molecular complexity index is 2390. The number of carbonyl (C=O) groups excluding carboxylic acids is 5. The maximum atomic E-state index is 14.5. The monoisotopic (exact) mass is 912 g/mol. The van der Waals surface area contributed by atoms with Crippen LogP contribution in [0, 0.1) is 16.7 Å². The molecule has 350 valence electrons. The van der Waals surface area contributed by atoms with Gasteiger partial charge in [-0.3, -0.25) is 29.2 Å². The van der Waals surface area contributed by atoms with Crippen molar-refractivity contribution in [2.45, 2.75) is 105 Å². The van der Waals surface area contributed by atoms with Gasteiger partial charge in [0, 0.05) is 91.8 Å². The summed E-state index contributed by atoms with van der Waals surface area (Å²) in [5.41, 5.74) is 8.64. The Morgan fingerprint density at radius 1 is 1.08 bits per heavy atom. The first kappa shape index (κ1) is 47.6. The molecular weight excluding hydrogens is 849 g/mol. The van der Waals surface area contributed by atoms with E-state index in [0.717, 1.165) is 57.5 Å². The summed E-state index contributed by atoms with van der Waals surface area (Å²) in [6.45, 7) is 15.7. The molecule has 3 aromatic heterocycles. The standard InChI is InChI=1S/C48H64N8O8S/c1-9-54-38-15-14-32(23-34(38)35(25-47(5,6)28-64-29-57)42(54)33-13-12-18-49-40(33)31(4)62-7)37-26-65-39(51-37)24-36(44(59)56-20-11-10-19-50-56)52-43(58)41(30(2)3)55-22-17-48(45(55)60)16-21-53(27-48)46(61)63-8/h12-15,18,23,26,29-31,36,41,50H,9-11,16-17,19-22,24-25,27-28H2,1-8H3,(H,52,58). The van der Waals surface area contributed by atoms with Gasteiger partial charge < -0.3 is 33.9 Å². The molecule has 6 heterocycles. The van der Waals surface area contributed by atoms with Gasteiger partial charge >= 0.3 is 6.09 Å². The zero-order valence-electron chi connectivity index (χ0n) is 39.0. The Kier molecular flexibility index (Phi) is 14.6. The van der Waals surface area contributed by atoms with E-state index in [2.05, 4.69) is 60.3 Å². The first-order valence-corrected chi connectivity index (χ1v) is 23.7. The average Bonchev–Trinajstić information content (AvgIpc) is 4.10. The van der Waals surface area contributed by atoms with Gasteiger partial charge in [0.1, 0.15) is 12.1 Å². The lowest BCUT2D eigenvalue weighted by atomic mass is 9.84. The van der Waals surface area contributed by atoms with Gasteiger partial charge in [0.25, 0.3) is 12.4 Å². The Balaban J connectivity index is 1.20. The molecule has 3 saturated heterocycles. The van der Waals surface area contributed by atoms with Crippen molar-refractivity contribution in [3.8, 4) is 22.5 Å². The third-order valence-corrected chi connectivity index (χ3v) is 14.2. The second-order valence-corrected chi connectivity index (χ2v) is 19.7. The topological polar surface area (TPSA) is 178 Å². The molecule has 65 heavy (non-hydrogen) atoms. The minimum atomic E-state index is -0.949. The molecule has 7 rings (SSSR count). The van der Waals surface area contributed by atoms with Crippen LogP contribution >= 0.6 is 11.3 Å². The van der Waals surface area contributed by atoms with E-state index in [1.54, 1.807) is 28.1 Å². The molecule has 2 N–H and O–H groups in total. The molecule has 0 radical (unpaired) electrons. The van der Waals surface area contributed by atoms with E-state index >= 15 is 0 Å². The molecule has 4 amide bonds. The molecular formula is C48H64N8O8S. The second-order valence-electron chi connectivity index (χ2n) is 18.7. The van der Waals surface area contributed by atoms with Crippen LogP contribution in [0.15, 0.2) is 41.9 Å². The summed E-state index contributed by atoms with van der Waals surface area (Å²) in [5.74, 6) is -1.05. The highest BCUT2D eigenvalue weighted by Crippen LogP contribution is 2.44. The van der Waals surface area contributed by atoms with Crippen LogP contribution in [0.2, 0.25) is 0 Å². The molecule has 4 atom stereocenters. The van der Waals surface area contributed by atoms with Crippen molar-refractivity contribution >= 4 is 52.5 Å². The van der Waals surface area contributed by atoms with Crippen LogP contribution in [-0.4, -0.2) is 125 Å². The summed E-state index contributed by atoms with van der Waals surface area (Å²) in [5, 5.41) is 8.38. The van der Waals surface area contributed by atoms with Crippen LogP contribution in [-0.2, 0) is 52.8 Å². The van der Waals surface area contributed by atoms with Gasteiger partial charge in [0.05, 0.1) is 47.3 Å². The van der Waals surface area contributed by atoms with E-state index < -0.39 is 34.9 Å². The van der Waals surface area contributed by atoms with Gasteiger partial charge in [-0.1, -0.05) is 33.8 Å². The number of aryl methyl sites for hydroxylation is 1. The summed E-state index contributed by atoms with van der Waals surface area (Å²) >= 11 is 1.43. The SMILES string of the molecule is CCn1c(-c2cccnc2C(C)OC)c(CC(C)(C)COC=O)c2cc(-c3csc(CC(NC(=O)C(C(C)C)N4CCC5(CCN(C(=O)OC)C5)C4=O)C(=O)N4CCCCN4)n3)ccc21. The third-order valence-electron chi connectivity index (χ3n) is 13.3. The van der Waals surface area contributed by atoms with E-state index in [1.165, 1.54) is 18.4 Å². The van der Waals surface area contributed by atoms with Crippen LogP contribution in [0.4, 0.5) is 4.79 Å². The van der Waals surface area contributed by atoms with E-state index in [9.17, 15) is 24.0 Å². The van der Waals surface area contributed by atoms with Crippen molar-refractivity contribution in [3.63, 3.8) is 0 Å². The number of hydrogen-bond donors (Lipinski definition) is 2. The fraction of sp³-hybridized carbons (Fsp3) is 0.562. The van der Waals surface area contributed by atoms with Crippen molar-refractivity contribution in [2.24, 2.45) is 16.7 Å². The van der Waals surface area contributed by atoms with Crippen molar-refractivity contribution < 1.29 is 38.2 Å². The maximum absolute atomic E-state index is 14.5. The van der Waals surface area contributed by atoms with Gasteiger partial charge in [0.15, 0.2) is 0 Å². The number of methoxy groups -OCH3 is 2. The Morgan fingerprint density at radius 3 is 2.55 bits per heavy atom. The smallest absolute Gasteiger partial charge is 0.409 e. The number of likely N-dealkylation sites (tertiary alicyclic amines) is 2. The number of nitrogens with one attached hydrogen (secondary N) is 2. The summed E-state index contributed by atoms with van der Waals surface area (Å²) in [4.78, 5) is 79.6. The van der Waals surface area contributed by atoms with Crippen molar-refractivity contribution in [1.82, 2.24) is 40.1 Å². The summed E-state index contributed by atoms with van der Waals surface area (Å²) < 4.78 is 18.3. The molecule has 17 heteroatoms. The van der Waals surface area contributed by atoms with Crippen LogP contribution in [0.5, 0.6) is 0 Å². The van der Waals surface area contributed by atoms with Crippen LogP contribution in [0.25, 0.3) is 33.4 Å². The Morgan fingerprint density at radius 2 is 1.86 bits per heavy atom. The first-order chi connectivity index (χ1) is 31.1. The first-order valence-electron chi connectivity index (χ1n) is 22.8. The van der Waals surface area contributed by atoms with Gasteiger partial charge in [0.2, 0.25) is 11.8 Å². The summed E-state index contributed by atoms with van der Waals surface area (Å²) in [7, 11) is 3.01. The molecule has 3 aliphatic heterocycles. The number of hydrazine groups is 1. The van der Waals surface area contributed by atoms with E-state index in [4.69, 9.17) is 24.2 Å². The quantitative estimate of drug-likeness (QED) is 0.116. The molecule has 1 aromatic carbocycles. The third kappa shape index (κ3) is 9.78. The number of rotatable bonds is 17. The predicted molar refractivity (Wildman–Crippen MR) is 247 cm³/mol. The summed E-state index contributed by atoms with van der Waals surface area (Å²) in [6.07, 6.45) is 4.62. The zero-order valence-corrected chi connectivity index (χ0v) is 39.8. The Hall–Kier alpha value is -5.39. The van der Waals surface area contributed by atoms with Gasteiger partial charge in [-0.2, -0.15) is 0 Å². The molecule has 0 saturated carbocycles. The fourth-order valence-corrected chi connectivity index (χ4v) is 10.8. The van der Waals surface area contributed by atoms with Crippen molar-refractivity contribution in [3.05, 3.63) is 58.2 Å². The molecule has 4 aromatic rings. The largest absolute Gasteiger partial charge is 0.467 e. The number of pyridine rings is 1. The van der Waals surface area contributed by atoms with Gasteiger partial charge in [-0.05, 0) is 81.7 Å². The minimum absolute atomic E-state index is 0.146. The summed E-state index contributed by atoms with van der Waals surface area (Å²) in [6, 6.07) is 8.60. The normalized spacial score (nSPS) is 19.3. The number of fused-ring (bicyclic) bond motifs is 1. The average molecular weight is 913 g/mol. The van der Waals surface area contributed by atoms with Crippen LogP contribution < -0.4 is 10.7 Å². The number of carbonyl (C=O) groups is 5. The molecule has 3 aliphatic rings. The lowest BCUT2D eigenvalue weighted by Crippen LogP contribution is -2.59. The minimum Gasteiger partial charge on any atom is -0.467 e. The van der Waals surface area contributed by atoms with Gasteiger partial charge in [-0.15, -0.1) is 11.3 Å². The van der Waals surface area contributed by atoms with E-state index in [1.807, 2.05) is 32.2 Å². The molecule has 0 bridgehead atoms. The maximum Gasteiger partial charge on any atom is 0.409 e. The number of aromatic nitrogens is 3. The number of ether oxygens (including phenoxy) is 3. The van der Waals surface area contributed by atoms with E-state index in [-0.39, 0.29) is 43.4 Å². The molecule has 1 spiro atoms. The van der Waals surface area contributed by atoms with Crippen molar-refractivity contribution in [1.29, 1.82) is 0 Å². The predicted octanol–water partition coefficient (Wildman–Crippen LogP) is 6.17. The molecule has 16 nitrogen and oxygen atoms in total. The molecule has 0 aliphatic carbocycles. The zero-order chi connectivity index (χ0) is 46.6. The highest BCUT2D eigenvalue weighted by molar-refractivity contribution is 7.10. The number of hydrogen-bond acceptors (Lipinski definition) is 12. The fourth-order valence-electron chi connectivity index (χ4n) is 9.93. The van der Waals surface area contributed by atoms with Gasteiger partial charge in [-0.25, -0.2) is 15.2 Å². The lowest BCUT2D eigenvalue weighted by Gasteiger charge is -2.34. The Labute approximate surface area is 385 Å². The highest BCUT2D eigenvalue weighted by atomic mass is 32.1.